The second kappa shape index (κ2) is 6.62. The van der Waals surface area contributed by atoms with Crippen molar-refractivity contribution >= 4 is 11.8 Å². The Labute approximate surface area is 131 Å². The van der Waals surface area contributed by atoms with Gasteiger partial charge < -0.3 is 10.3 Å². The molecular weight excluding hydrogens is 280 g/mol. The molecule has 21 heavy (non-hydrogen) atoms. The Balaban J connectivity index is 2.03. The highest BCUT2D eigenvalue weighted by atomic mass is 32.2. The normalized spacial score (nSPS) is 11.9. The molecule has 0 saturated carbocycles. The summed E-state index contributed by atoms with van der Waals surface area (Å²) in [6, 6.07) is 8.83. The summed E-state index contributed by atoms with van der Waals surface area (Å²) in [6.07, 6.45) is 0. The lowest BCUT2D eigenvalue weighted by molar-refractivity contribution is 0.590. The Hall–Kier alpha value is -1.33. The van der Waals surface area contributed by atoms with Crippen LogP contribution in [0.1, 0.15) is 37.7 Å². The van der Waals surface area contributed by atoms with Gasteiger partial charge in [0.25, 0.3) is 0 Å². The van der Waals surface area contributed by atoms with E-state index in [9.17, 15) is 0 Å². The van der Waals surface area contributed by atoms with Crippen LogP contribution in [0.4, 0.5) is 0 Å². The fourth-order valence-electron chi connectivity index (χ4n) is 2.10. The van der Waals surface area contributed by atoms with Crippen LogP contribution in [0.5, 0.6) is 0 Å². The predicted octanol–water partition coefficient (Wildman–Crippen LogP) is 3.14. The van der Waals surface area contributed by atoms with Crippen LogP contribution >= 0.6 is 11.8 Å². The van der Waals surface area contributed by atoms with Crippen LogP contribution in [-0.2, 0) is 17.7 Å². The molecule has 1 aromatic heterocycles. The lowest BCUT2D eigenvalue weighted by atomic mass is 9.87. The van der Waals surface area contributed by atoms with E-state index in [1.54, 1.807) is 11.8 Å². The molecule has 0 aliphatic carbocycles. The lowest BCUT2D eigenvalue weighted by Crippen LogP contribution is -2.12. The summed E-state index contributed by atoms with van der Waals surface area (Å²) in [5.41, 5.74) is 8.49. The Morgan fingerprint density at radius 3 is 2.38 bits per heavy atom. The second-order valence-corrected chi connectivity index (χ2v) is 7.15. The highest BCUT2D eigenvalue weighted by Crippen LogP contribution is 2.25. The van der Waals surface area contributed by atoms with E-state index in [1.807, 2.05) is 6.92 Å². The van der Waals surface area contributed by atoms with Gasteiger partial charge in [-0.1, -0.05) is 56.8 Å². The Bertz CT molecular complexity index is 581. The van der Waals surface area contributed by atoms with Gasteiger partial charge in [0.15, 0.2) is 5.16 Å². The van der Waals surface area contributed by atoms with Crippen molar-refractivity contribution in [1.29, 1.82) is 0 Å². The van der Waals surface area contributed by atoms with E-state index in [0.717, 1.165) is 23.3 Å². The van der Waals surface area contributed by atoms with Gasteiger partial charge >= 0.3 is 0 Å². The lowest BCUT2D eigenvalue weighted by Gasteiger charge is -2.19. The maximum Gasteiger partial charge on any atom is 0.191 e. The van der Waals surface area contributed by atoms with Crippen LogP contribution in [0, 0.1) is 6.92 Å². The third-order valence-corrected chi connectivity index (χ3v) is 4.48. The summed E-state index contributed by atoms with van der Waals surface area (Å²) in [4.78, 5) is 0. The average Bonchev–Trinajstić information content (AvgIpc) is 2.78. The summed E-state index contributed by atoms with van der Waals surface area (Å²) in [5, 5.41) is 9.30. The molecule has 1 aromatic carbocycles. The maximum atomic E-state index is 5.64. The molecule has 0 spiro atoms. The van der Waals surface area contributed by atoms with Gasteiger partial charge in [-0.05, 0) is 23.5 Å². The number of thioether (sulfide) groups is 1. The average molecular weight is 304 g/mol. The quantitative estimate of drug-likeness (QED) is 0.862. The molecule has 0 bridgehead atoms. The first-order valence-electron chi connectivity index (χ1n) is 7.24. The molecule has 114 valence electrons. The zero-order chi connectivity index (χ0) is 15.5. The minimum Gasteiger partial charge on any atom is -0.329 e. The van der Waals surface area contributed by atoms with Crippen molar-refractivity contribution in [1.82, 2.24) is 14.8 Å². The molecule has 0 unspecified atom stereocenters. The van der Waals surface area contributed by atoms with E-state index in [2.05, 4.69) is 59.8 Å². The van der Waals surface area contributed by atoms with Gasteiger partial charge in [-0.15, -0.1) is 10.2 Å². The van der Waals surface area contributed by atoms with Crippen LogP contribution in [0.15, 0.2) is 29.4 Å². The van der Waals surface area contributed by atoms with Crippen molar-refractivity contribution in [3.05, 3.63) is 41.2 Å². The van der Waals surface area contributed by atoms with Crippen LogP contribution in [0.2, 0.25) is 0 Å². The number of nitrogens with two attached hydrogens (primary N) is 1. The van der Waals surface area contributed by atoms with Crippen molar-refractivity contribution in [3.8, 4) is 0 Å². The molecule has 0 atom stereocenters. The van der Waals surface area contributed by atoms with Gasteiger partial charge in [-0.25, -0.2) is 0 Å². The standard InChI is InChI=1S/C16H24N4S/c1-12-18-19-15(20(12)10-9-17)21-11-13-5-7-14(8-6-13)16(2,3)4/h5-8H,9-11,17H2,1-4H3. The van der Waals surface area contributed by atoms with Gasteiger partial charge in [0.2, 0.25) is 0 Å². The molecule has 2 rings (SSSR count). The molecule has 2 aromatic rings. The summed E-state index contributed by atoms with van der Waals surface area (Å²) in [6.45, 7) is 10.0. The maximum absolute atomic E-state index is 5.64. The molecular formula is C16H24N4S. The molecule has 0 radical (unpaired) electrons. The van der Waals surface area contributed by atoms with Crippen LogP contribution in [0.25, 0.3) is 0 Å². The molecule has 0 aliphatic heterocycles. The molecule has 0 saturated heterocycles. The van der Waals surface area contributed by atoms with Crippen molar-refractivity contribution < 1.29 is 0 Å². The van der Waals surface area contributed by atoms with Gasteiger partial charge in [-0.3, -0.25) is 0 Å². The monoisotopic (exact) mass is 304 g/mol. The van der Waals surface area contributed by atoms with Gasteiger partial charge in [0, 0.05) is 18.8 Å². The number of benzene rings is 1. The third-order valence-electron chi connectivity index (χ3n) is 3.44. The van der Waals surface area contributed by atoms with Crippen molar-refractivity contribution in [3.63, 3.8) is 0 Å². The minimum atomic E-state index is 0.198. The minimum absolute atomic E-state index is 0.198. The van der Waals surface area contributed by atoms with Crippen LogP contribution in [-0.4, -0.2) is 21.3 Å². The van der Waals surface area contributed by atoms with E-state index in [-0.39, 0.29) is 5.41 Å². The highest BCUT2D eigenvalue weighted by Gasteiger charge is 2.13. The first-order chi connectivity index (χ1) is 9.91. The van der Waals surface area contributed by atoms with Crippen LogP contribution in [0.3, 0.4) is 0 Å². The number of aryl methyl sites for hydroxylation is 1. The largest absolute Gasteiger partial charge is 0.329 e. The zero-order valence-corrected chi connectivity index (χ0v) is 14.1. The summed E-state index contributed by atoms with van der Waals surface area (Å²) in [5.74, 6) is 1.82. The van der Waals surface area contributed by atoms with E-state index in [4.69, 9.17) is 5.73 Å². The summed E-state index contributed by atoms with van der Waals surface area (Å²) >= 11 is 1.71. The highest BCUT2D eigenvalue weighted by molar-refractivity contribution is 7.98. The van der Waals surface area contributed by atoms with E-state index in [1.165, 1.54) is 11.1 Å². The van der Waals surface area contributed by atoms with E-state index in [0.29, 0.717) is 6.54 Å². The number of rotatable bonds is 5. The predicted molar refractivity (Wildman–Crippen MR) is 88.5 cm³/mol. The Morgan fingerprint density at radius 2 is 1.81 bits per heavy atom. The van der Waals surface area contributed by atoms with E-state index < -0.39 is 0 Å². The van der Waals surface area contributed by atoms with E-state index >= 15 is 0 Å². The van der Waals surface area contributed by atoms with Crippen molar-refractivity contribution in [2.75, 3.05) is 6.54 Å². The molecule has 1 heterocycles. The number of nitrogens with zero attached hydrogens (tertiary/aromatic N) is 3. The summed E-state index contributed by atoms with van der Waals surface area (Å²) in [7, 11) is 0. The van der Waals surface area contributed by atoms with Crippen molar-refractivity contribution in [2.24, 2.45) is 5.73 Å². The van der Waals surface area contributed by atoms with Gasteiger partial charge in [0.1, 0.15) is 5.82 Å². The fraction of sp³-hybridized carbons (Fsp3) is 0.500. The molecule has 0 amide bonds. The molecule has 0 aliphatic rings. The van der Waals surface area contributed by atoms with Crippen LogP contribution < -0.4 is 5.73 Å². The fourth-order valence-corrected chi connectivity index (χ4v) is 3.07. The first kappa shape index (κ1) is 16.0. The zero-order valence-electron chi connectivity index (χ0n) is 13.3. The topological polar surface area (TPSA) is 56.7 Å². The Morgan fingerprint density at radius 1 is 1.14 bits per heavy atom. The Kier molecular flexibility index (Phi) is 5.06. The third kappa shape index (κ3) is 4.08. The molecule has 0 fully saturated rings. The molecule has 5 heteroatoms. The smallest absolute Gasteiger partial charge is 0.191 e. The molecule has 2 N–H and O–H groups in total. The molecule has 4 nitrogen and oxygen atoms in total. The second-order valence-electron chi connectivity index (χ2n) is 6.21. The van der Waals surface area contributed by atoms with Gasteiger partial charge in [0.05, 0.1) is 0 Å². The first-order valence-corrected chi connectivity index (χ1v) is 8.22. The van der Waals surface area contributed by atoms with Gasteiger partial charge in [-0.2, -0.15) is 0 Å². The SMILES string of the molecule is Cc1nnc(SCc2ccc(C(C)(C)C)cc2)n1CCN. The number of hydrogen-bond acceptors (Lipinski definition) is 4. The summed E-state index contributed by atoms with van der Waals surface area (Å²) < 4.78 is 2.08. The number of hydrogen-bond donors (Lipinski definition) is 1. The van der Waals surface area contributed by atoms with Crippen molar-refractivity contribution in [2.45, 2.75) is 50.6 Å². The number of aromatic nitrogens is 3.